The zero-order valence-electron chi connectivity index (χ0n) is 11.5. The Morgan fingerprint density at radius 3 is 2.86 bits per heavy atom. The molecule has 0 atom stereocenters. The molecule has 1 heterocycles. The van der Waals surface area contributed by atoms with Gasteiger partial charge in [-0.1, -0.05) is 11.2 Å². The highest BCUT2D eigenvalue weighted by atomic mass is 79.9. The Labute approximate surface area is 135 Å². The fraction of sp³-hybridized carbons (Fsp3) is 0.214. The smallest absolute Gasteiger partial charge is 0.173 e. The maximum absolute atomic E-state index is 8.81. The van der Waals surface area contributed by atoms with Gasteiger partial charge in [0.2, 0.25) is 0 Å². The van der Waals surface area contributed by atoms with Gasteiger partial charge in [0.1, 0.15) is 5.75 Å². The number of oxime groups is 1. The Balaban J connectivity index is 2.03. The molecule has 0 aliphatic rings. The zero-order chi connectivity index (χ0) is 15.2. The van der Waals surface area contributed by atoms with Crippen molar-refractivity contribution >= 4 is 33.1 Å². The van der Waals surface area contributed by atoms with Crippen LogP contribution in [0.4, 0.5) is 0 Å². The summed E-state index contributed by atoms with van der Waals surface area (Å²) in [5, 5.41) is 17.3. The van der Waals surface area contributed by atoms with Gasteiger partial charge in [-0.15, -0.1) is 11.3 Å². The molecule has 2 rings (SSSR count). The van der Waals surface area contributed by atoms with Crippen LogP contribution in [-0.4, -0.2) is 18.2 Å². The van der Waals surface area contributed by atoms with Crippen LogP contribution in [0, 0.1) is 0 Å². The predicted molar refractivity (Wildman–Crippen MR) is 88.1 cm³/mol. The molecule has 21 heavy (non-hydrogen) atoms. The zero-order valence-corrected chi connectivity index (χ0v) is 13.9. The number of nitrogens with zero attached hydrogens (tertiary/aromatic N) is 1. The molecule has 0 saturated carbocycles. The minimum absolute atomic E-state index is 0.0379. The lowest BCUT2D eigenvalue weighted by Crippen LogP contribution is -2.16. The van der Waals surface area contributed by atoms with E-state index >= 15 is 0 Å². The third-order valence-corrected chi connectivity index (χ3v) is 4.60. The number of methoxy groups -OCH3 is 1. The summed E-state index contributed by atoms with van der Waals surface area (Å²) in [5.74, 6) is 0.618. The third kappa shape index (κ3) is 4.20. The van der Waals surface area contributed by atoms with Crippen LogP contribution in [0.2, 0.25) is 0 Å². The molecule has 5 nitrogen and oxygen atoms in total. The summed E-state index contributed by atoms with van der Waals surface area (Å²) >= 11 is 5.14. The average Bonchev–Trinajstić information content (AvgIpc) is 2.91. The average molecular weight is 370 g/mol. The number of hydrogen-bond donors (Lipinski definition) is 3. The van der Waals surface area contributed by atoms with Crippen molar-refractivity contribution in [1.82, 2.24) is 5.32 Å². The number of rotatable bonds is 6. The van der Waals surface area contributed by atoms with Crippen molar-refractivity contribution in [3.05, 3.63) is 50.1 Å². The SMILES string of the molecule is COc1ccc(CNCc2cc(Br)cs2)cc1C(N)=NO. The molecule has 2 aromatic rings. The van der Waals surface area contributed by atoms with Gasteiger partial charge in [-0.05, 0) is 39.7 Å². The molecule has 7 heteroatoms. The summed E-state index contributed by atoms with van der Waals surface area (Å²) in [5.41, 5.74) is 7.27. The number of halogens is 1. The maximum atomic E-state index is 8.81. The first-order chi connectivity index (χ1) is 10.1. The number of thiophene rings is 1. The van der Waals surface area contributed by atoms with Crippen molar-refractivity contribution in [1.29, 1.82) is 0 Å². The number of amidine groups is 1. The Hall–Kier alpha value is -1.57. The lowest BCUT2D eigenvalue weighted by Gasteiger charge is -2.10. The molecule has 1 aromatic carbocycles. The van der Waals surface area contributed by atoms with Gasteiger partial charge in [-0.2, -0.15) is 0 Å². The van der Waals surface area contributed by atoms with E-state index < -0.39 is 0 Å². The van der Waals surface area contributed by atoms with Crippen LogP contribution in [-0.2, 0) is 13.1 Å². The molecule has 0 aliphatic heterocycles. The number of nitrogens with two attached hydrogens (primary N) is 1. The summed E-state index contributed by atoms with van der Waals surface area (Å²) in [6, 6.07) is 7.70. The topological polar surface area (TPSA) is 79.9 Å². The summed E-state index contributed by atoms with van der Waals surface area (Å²) in [6.45, 7) is 1.48. The first kappa shape index (κ1) is 15.8. The van der Waals surface area contributed by atoms with E-state index in [1.54, 1.807) is 18.4 Å². The second-order valence-corrected chi connectivity index (χ2v) is 6.27. The number of nitrogens with one attached hydrogen (secondary N) is 1. The lowest BCUT2D eigenvalue weighted by molar-refractivity contribution is 0.318. The van der Waals surface area contributed by atoms with Gasteiger partial charge < -0.3 is 21.0 Å². The van der Waals surface area contributed by atoms with Crippen molar-refractivity contribution in [3.63, 3.8) is 0 Å². The molecule has 0 spiro atoms. The van der Waals surface area contributed by atoms with Gasteiger partial charge in [-0.25, -0.2) is 0 Å². The molecule has 0 bridgehead atoms. The van der Waals surface area contributed by atoms with E-state index in [0.29, 0.717) is 17.9 Å². The van der Waals surface area contributed by atoms with Gasteiger partial charge in [0.15, 0.2) is 5.84 Å². The lowest BCUT2D eigenvalue weighted by atomic mass is 10.1. The first-order valence-corrected chi connectivity index (χ1v) is 7.89. The summed E-state index contributed by atoms with van der Waals surface area (Å²) in [7, 11) is 1.55. The highest BCUT2D eigenvalue weighted by Gasteiger charge is 2.09. The minimum Gasteiger partial charge on any atom is -0.496 e. The molecular weight excluding hydrogens is 354 g/mol. The van der Waals surface area contributed by atoms with E-state index in [1.807, 2.05) is 18.2 Å². The second kappa shape index (κ2) is 7.44. The van der Waals surface area contributed by atoms with Crippen LogP contribution in [0.5, 0.6) is 5.75 Å². The normalized spacial score (nSPS) is 11.6. The monoisotopic (exact) mass is 369 g/mol. The molecule has 0 radical (unpaired) electrons. The van der Waals surface area contributed by atoms with Gasteiger partial charge in [-0.3, -0.25) is 0 Å². The Morgan fingerprint density at radius 2 is 2.24 bits per heavy atom. The van der Waals surface area contributed by atoms with Crippen molar-refractivity contribution in [2.45, 2.75) is 13.1 Å². The Kier molecular flexibility index (Phi) is 5.60. The minimum atomic E-state index is 0.0379. The summed E-state index contributed by atoms with van der Waals surface area (Å²) in [4.78, 5) is 1.26. The van der Waals surface area contributed by atoms with Gasteiger partial charge in [0, 0.05) is 27.8 Å². The van der Waals surface area contributed by atoms with E-state index in [9.17, 15) is 0 Å². The quantitative estimate of drug-likeness (QED) is 0.316. The highest BCUT2D eigenvalue weighted by Crippen LogP contribution is 2.21. The standard InChI is InChI=1S/C14H16BrN3O2S/c1-20-13-3-2-9(4-12(13)14(16)18-19)6-17-7-11-5-10(15)8-21-11/h2-5,8,17,19H,6-7H2,1H3,(H2,16,18). The van der Waals surface area contributed by atoms with Gasteiger partial charge in [0.25, 0.3) is 0 Å². The first-order valence-electron chi connectivity index (χ1n) is 6.22. The van der Waals surface area contributed by atoms with E-state index in [0.717, 1.165) is 16.6 Å². The van der Waals surface area contributed by atoms with E-state index in [-0.39, 0.29) is 5.84 Å². The molecule has 1 aromatic heterocycles. The molecule has 0 saturated heterocycles. The summed E-state index contributed by atoms with van der Waals surface area (Å²) < 4.78 is 6.30. The maximum Gasteiger partial charge on any atom is 0.173 e. The van der Waals surface area contributed by atoms with Gasteiger partial charge in [0.05, 0.1) is 12.7 Å². The van der Waals surface area contributed by atoms with Crippen LogP contribution in [0.25, 0.3) is 0 Å². The van der Waals surface area contributed by atoms with Crippen LogP contribution < -0.4 is 15.8 Å². The summed E-state index contributed by atoms with van der Waals surface area (Å²) in [6.07, 6.45) is 0. The van der Waals surface area contributed by atoms with E-state index in [2.05, 4.69) is 37.8 Å². The van der Waals surface area contributed by atoms with E-state index in [1.165, 1.54) is 4.88 Å². The van der Waals surface area contributed by atoms with E-state index in [4.69, 9.17) is 15.7 Å². The van der Waals surface area contributed by atoms with Crippen LogP contribution in [0.3, 0.4) is 0 Å². The van der Waals surface area contributed by atoms with Gasteiger partial charge >= 0.3 is 0 Å². The van der Waals surface area contributed by atoms with Crippen molar-refractivity contribution in [3.8, 4) is 5.75 Å². The molecule has 0 unspecified atom stereocenters. The molecular formula is C14H16BrN3O2S. The fourth-order valence-corrected chi connectivity index (χ4v) is 3.32. The molecule has 112 valence electrons. The van der Waals surface area contributed by atoms with Crippen molar-refractivity contribution in [2.24, 2.45) is 10.9 Å². The van der Waals surface area contributed by atoms with Crippen molar-refractivity contribution < 1.29 is 9.94 Å². The largest absolute Gasteiger partial charge is 0.496 e. The molecule has 0 aliphatic carbocycles. The molecule has 0 fully saturated rings. The number of benzene rings is 1. The van der Waals surface area contributed by atoms with Crippen LogP contribution >= 0.6 is 27.3 Å². The third-order valence-electron chi connectivity index (χ3n) is 2.90. The molecule has 0 amide bonds. The number of ether oxygens (including phenoxy) is 1. The molecule has 4 N–H and O–H groups in total. The number of hydrogen-bond acceptors (Lipinski definition) is 5. The second-order valence-electron chi connectivity index (χ2n) is 4.35. The Bertz CT molecular complexity index is 643. The van der Waals surface area contributed by atoms with Crippen molar-refractivity contribution in [2.75, 3.05) is 7.11 Å². The fourth-order valence-electron chi connectivity index (χ4n) is 1.90. The highest BCUT2D eigenvalue weighted by molar-refractivity contribution is 9.10. The van der Waals surface area contributed by atoms with Crippen LogP contribution in [0.15, 0.2) is 39.3 Å². The predicted octanol–water partition coefficient (Wildman–Crippen LogP) is 2.90. The van der Waals surface area contributed by atoms with Crippen LogP contribution in [0.1, 0.15) is 16.0 Å². The Morgan fingerprint density at radius 1 is 1.43 bits per heavy atom.